The van der Waals surface area contributed by atoms with Crippen LogP contribution in [-0.2, 0) is 0 Å². The summed E-state index contributed by atoms with van der Waals surface area (Å²) in [6.45, 7) is 9.72. The van der Waals surface area contributed by atoms with Gasteiger partial charge in [0, 0.05) is 10.8 Å². The normalized spacial score (nSPS) is 14.3. The highest BCUT2D eigenvalue weighted by atomic mass is 32.1. The molecule has 0 spiro atoms. The molecule has 16 heteroatoms. The van der Waals surface area contributed by atoms with Gasteiger partial charge in [-0.05, 0) is 120 Å². The molecule has 0 radical (unpaired) electrons. The van der Waals surface area contributed by atoms with Gasteiger partial charge in [-0.1, -0.05) is 89.1 Å². The number of aromatic nitrogens is 4. The first-order valence-electron chi connectivity index (χ1n) is 24.7. The number of nitriles is 2. The first-order valence-corrected chi connectivity index (χ1v) is 26.4. The Kier molecular flexibility index (Phi) is 12.3. The predicted octanol–water partition coefficient (Wildman–Crippen LogP) is 11.9. The maximum atomic E-state index is 11.9. The summed E-state index contributed by atoms with van der Waals surface area (Å²) in [4.78, 5) is 10.3. The highest BCUT2D eigenvalue weighted by Crippen LogP contribution is 2.42. The molecule has 0 fully saturated rings. The molecule has 2 aliphatic rings. The van der Waals surface area contributed by atoms with Crippen molar-refractivity contribution in [1.29, 1.82) is 10.5 Å². The van der Waals surface area contributed by atoms with Gasteiger partial charge in [0.1, 0.15) is 67.8 Å². The van der Waals surface area contributed by atoms with E-state index in [0.717, 1.165) is 44.4 Å². The van der Waals surface area contributed by atoms with Gasteiger partial charge in [-0.3, -0.25) is 0 Å². The molecule has 0 amide bonds. The molecular formula is C58H46B2N6O6S2. The third-order valence-corrected chi connectivity index (χ3v) is 15.7. The monoisotopic (exact) mass is 1010 g/mol. The highest BCUT2D eigenvalue weighted by molar-refractivity contribution is 7.20. The first-order chi connectivity index (χ1) is 36.3. The van der Waals surface area contributed by atoms with E-state index in [4.69, 9.17) is 38.1 Å². The van der Waals surface area contributed by atoms with Crippen LogP contribution in [0.3, 0.4) is 0 Å². The largest absolute Gasteiger partial charge is 0.743 e. The summed E-state index contributed by atoms with van der Waals surface area (Å²) < 4.78 is 45.8. The Hall–Kier alpha value is -8.43. The average Bonchev–Trinajstić information content (AvgIpc) is 4.32. The molecule has 0 N–H and O–H groups in total. The average molecular weight is 1010 g/mol. The van der Waals surface area contributed by atoms with Crippen LogP contribution in [0.2, 0.25) is 0 Å². The van der Waals surface area contributed by atoms with Gasteiger partial charge in [-0.2, -0.15) is 10.5 Å². The van der Waals surface area contributed by atoms with Crippen LogP contribution >= 0.6 is 22.7 Å². The van der Waals surface area contributed by atoms with E-state index in [1.807, 2.05) is 155 Å². The summed E-state index contributed by atoms with van der Waals surface area (Å²) in [5.41, 5.74) is 4.62. The van der Waals surface area contributed by atoms with Crippen molar-refractivity contribution in [2.75, 3.05) is 13.2 Å². The van der Waals surface area contributed by atoms with Crippen molar-refractivity contribution < 1.29 is 28.1 Å². The lowest BCUT2D eigenvalue weighted by molar-refractivity contribution is 0.256. The summed E-state index contributed by atoms with van der Waals surface area (Å²) in [6, 6.07) is 51.8. The molecule has 4 aromatic heterocycles. The van der Waals surface area contributed by atoms with Crippen LogP contribution in [0.1, 0.15) is 50.6 Å². The van der Waals surface area contributed by atoms with Crippen molar-refractivity contribution in [2.24, 2.45) is 11.8 Å². The number of ether oxygens (including phenoxy) is 2. The van der Waals surface area contributed by atoms with Gasteiger partial charge in [-0.15, -0.1) is 22.7 Å². The standard InChI is InChI=1S/C58H46B2N6O6S2/c1-5-35(3)33-67-39-27-23-37(24-28-39)53-51-52(56(65(53)59-69-45-17-9-10-18-46(45)70-59)42(32-62)58-64-44-16-8-14-22-50(44)74-58)54(38-25-29-40(30-26-38)68-34-36(4)6-2)66(60-71-47-19-11-12-20-48(47)72-60)55(51)41(31-61)57-63-43-15-7-13-21-49(43)73-57/h7-30,35-36H,5-6,33-34H2,1-4H3/b55-41-,56-42-. The molecule has 10 aromatic rings. The minimum Gasteiger partial charge on any atom is -0.503 e. The SMILES string of the molecule is CCC(C)COc1ccc(-c2c3/c(=C(\C#N)c4nc5ccccc5s4)n(B4Oc5ccccc5O4)c(-c4ccc(OCC(C)CC)cc4)c3/c(=C(\C#N)c3nc4ccccc4s3)n2B2Oc3ccccc3O2)cc1. The summed E-state index contributed by atoms with van der Waals surface area (Å²) >= 11 is 2.84. The summed E-state index contributed by atoms with van der Waals surface area (Å²) in [5.74, 6) is 4.22. The van der Waals surface area contributed by atoms with Crippen molar-refractivity contribution in [1.82, 2.24) is 18.9 Å². The van der Waals surface area contributed by atoms with Gasteiger partial charge in [0.05, 0.1) is 55.7 Å². The fourth-order valence-corrected chi connectivity index (χ4v) is 11.3. The quantitative estimate of drug-likeness (QED) is 0.0968. The van der Waals surface area contributed by atoms with Gasteiger partial charge in [0.25, 0.3) is 0 Å². The molecule has 362 valence electrons. The lowest BCUT2D eigenvalue weighted by Crippen LogP contribution is -2.44. The Morgan fingerprint density at radius 3 is 1.22 bits per heavy atom. The van der Waals surface area contributed by atoms with Crippen LogP contribution in [0.25, 0.3) is 64.9 Å². The minimum atomic E-state index is -1.15. The van der Waals surface area contributed by atoms with E-state index in [-0.39, 0.29) is 11.1 Å². The number of hydrogen-bond donors (Lipinski definition) is 0. The zero-order chi connectivity index (χ0) is 50.5. The molecule has 74 heavy (non-hydrogen) atoms. The van der Waals surface area contributed by atoms with Crippen LogP contribution in [0.15, 0.2) is 146 Å². The Morgan fingerprint density at radius 1 is 0.527 bits per heavy atom. The van der Waals surface area contributed by atoms with Gasteiger partial charge in [0.15, 0.2) is 0 Å². The third kappa shape index (κ3) is 8.26. The Labute approximate surface area is 435 Å². The van der Waals surface area contributed by atoms with E-state index in [1.54, 1.807) is 0 Å². The number of benzene rings is 6. The number of rotatable bonds is 14. The Bertz CT molecular complexity index is 3630. The third-order valence-electron chi connectivity index (χ3n) is 13.6. The zero-order valence-electron chi connectivity index (χ0n) is 40.9. The highest BCUT2D eigenvalue weighted by Gasteiger charge is 2.45. The number of fused-ring (bicyclic) bond motifs is 5. The van der Waals surface area contributed by atoms with Crippen LogP contribution in [0, 0.1) is 34.5 Å². The topological polar surface area (TPSA) is 139 Å². The smallest absolute Gasteiger partial charge is 0.503 e. The lowest BCUT2D eigenvalue weighted by Gasteiger charge is -2.17. The van der Waals surface area contributed by atoms with E-state index in [0.29, 0.717) is 102 Å². The molecule has 2 atom stereocenters. The molecule has 0 aliphatic carbocycles. The molecule has 0 bridgehead atoms. The number of thiazole rings is 2. The molecule has 2 aliphatic heterocycles. The Morgan fingerprint density at radius 2 is 0.878 bits per heavy atom. The van der Waals surface area contributed by atoms with Crippen molar-refractivity contribution >= 4 is 79.5 Å². The fraction of sp³-hybridized carbons (Fsp3) is 0.172. The van der Waals surface area contributed by atoms with E-state index < -0.39 is 14.5 Å². The number of hydrogen-bond acceptors (Lipinski definition) is 12. The van der Waals surface area contributed by atoms with Crippen molar-refractivity contribution in [2.45, 2.75) is 40.5 Å². The van der Waals surface area contributed by atoms with E-state index in [9.17, 15) is 10.5 Å². The second-order valence-corrected chi connectivity index (χ2v) is 20.6. The van der Waals surface area contributed by atoms with Crippen LogP contribution < -0.4 is 38.8 Å². The molecular weight excluding hydrogens is 962 g/mol. The molecule has 12 rings (SSSR count). The zero-order valence-corrected chi connectivity index (χ0v) is 42.6. The van der Waals surface area contributed by atoms with Gasteiger partial charge in [0.2, 0.25) is 0 Å². The van der Waals surface area contributed by atoms with Crippen LogP contribution in [0.4, 0.5) is 0 Å². The van der Waals surface area contributed by atoms with Gasteiger partial charge in [-0.25, -0.2) is 9.97 Å². The van der Waals surface area contributed by atoms with Crippen molar-refractivity contribution in [3.05, 3.63) is 166 Å². The van der Waals surface area contributed by atoms with Crippen molar-refractivity contribution in [3.63, 3.8) is 0 Å². The lowest BCUT2D eigenvalue weighted by atomic mass is 10.0. The Balaban J connectivity index is 1.29. The molecule has 6 aromatic carbocycles. The van der Waals surface area contributed by atoms with E-state index in [2.05, 4.69) is 39.8 Å². The summed E-state index contributed by atoms with van der Waals surface area (Å²) in [5, 5.41) is 26.8. The molecule has 0 saturated heterocycles. The minimum absolute atomic E-state index is 0.257. The molecule has 12 nitrogen and oxygen atoms in total. The molecule has 2 unspecified atom stereocenters. The van der Waals surface area contributed by atoms with Crippen LogP contribution in [-0.4, -0.2) is 46.6 Å². The van der Waals surface area contributed by atoms with E-state index in [1.165, 1.54) is 22.7 Å². The number of para-hydroxylation sites is 6. The molecule has 0 saturated carbocycles. The van der Waals surface area contributed by atoms with E-state index >= 15 is 0 Å². The van der Waals surface area contributed by atoms with Gasteiger partial charge >= 0.3 is 14.5 Å². The molecule has 6 heterocycles. The second-order valence-electron chi connectivity index (χ2n) is 18.5. The fourth-order valence-electron chi connectivity index (χ4n) is 9.36. The van der Waals surface area contributed by atoms with Crippen LogP contribution in [0.5, 0.6) is 34.5 Å². The predicted molar refractivity (Wildman–Crippen MR) is 293 cm³/mol. The summed E-state index contributed by atoms with van der Waals surface area (Å²) in [7, 11) is -2.30. The second kappa shape index (κ2) is 19.5. The summed E-state index contributed by atoms with van der Waals surface area (Å²) in [6.07, 6.45) is 1.95. The number of nitrogens with zero attached hydrogens (tertiary/aromatic N) is 6. The maximum Gasteiger partial charge on any atom is 0.743 e. The first kappa shape index (κ1) is 46.6. The maximum absolute atomic E-state index is 11.9. The van der Waals surface area contributed by atoms with Gasteiger partial charge < -0.3 is 37.0 Å². The van der Waals surface area contributed by atoms with Crippen molar-refractivity contribution in [3.8, 4) is 69.2 Å².